The largest absolute Gasteiger partial charge is 0.396 e. The molecule has 2 N–H and O–H groups in total. The van der Waals surface area contributed by atoms with Crippen LogP contribution >= 0.6 is 11.6 Å². The highest BCUT2D eigenvalue weighted by Crippen LogP contribution is 2.25. The normalized spacial score (nSPS) is 12.0. The highest BCUT2D eigenvalue weighted by atomic mass is 35.5. The van der Waals surface area contributed by atoms with Gasteiger partial charge in [0.25, 0.3) is 5.56 Å². The maximum absolute atomic E-state index is 13.1. The molecule has 1 heterocycles. The zero-order valence-corrected chi connectivity index (χ0v) is 16.9. The second kappa shape index (κ2) is 8.45. The van der Waals surface area contributed by atoms with Crippen LogP contribution in [0.3, 0.4) is 0 Å². The van der Waals surface area contributed by atoms with E-state index in [0.29, 0.717) is 11.1 Å². The van der Waals surface area contributed by atoms with Crippen molar-refractivity contribution < 1.29 is 13.5 Å². The smallest absolute Gasteiger partial charge is 0.252 e. The Labute approximate surface area is 168 Å². The summed E-state index contributed by atoms with van der Waals surface area (Å²) in [7, 11) is -3.94. The van der Waals surface area contributed by atoms with E-state index in [9.17, 15) is 18.3 Å². The molecule has 0 unspecified atom stereocenters. The summed E-state index contributed by atoms with van der Waals surface area (Å²) in [6.45, 7) is 1.71. The van der Waals surface area contributed by atoms with Crippen molar-refractivity contribution >= 4 is 32.5 Å². The standard InChI is InChI=1S/C20H21ClN2O4S/c1-14-7-8-15-12-16(20(25)22-18(15)11-14)13-23(9-4-10-24)28(26,27)19-6-3-2-5-17(19)21/h2-3,5-8,11-12,24H,4,9-10,13H2,1H3,(H,22,25). The van der Waals surface area contributed by atoms with E-state index in [0.717, 1.165) is 10.9 Å². The molecule has 0 bridgehead atoms. The fraction of sp³-hybridized carbons (Fsp3) is 0.250. The number of benzene rings is 2. The first kappa shape index (κ1) is 20.5. The van der Waals surface area contributed by atoms with Gasteiger partial charge in [-0.1, -0.05) is 35.9 Å². The first-order chi connectivity index (χ1) is 13.3. The molecule has 3 aromatic rings. The molecule has 0 saturated heterocycles. The predicted octanol–water partition coefficient (Wildman–Crippen LogP) is 3.06. The van der Waals surface area contributed by atoms with Crippen molar-refractivity contribution in [2.45, 2.75) is 24.8 Å². The summed E-state index contributed by atoms with van der Waals surface area (Å²) >= 11 is 6.09. The first-order valence-corrected chi connectivity index (χ1v) is 10.6. The lowest BCUT2D eigenvalue weighted by Gasteiger charge is -2.22. The number of aromatic nitrogens is 1. The molecular formula is C20H21ClN2O4S. The monoisotopic (exact) mass is 420 g/mol. The van der Waals surface area contributed by atoms with Crippen molar-refractivity contribution in [1.82, 2.24) is 9.29 Å². The van der Waals surface area contributed by atoms with Gasteiger partial charge in [-0.3, -0.25) is 4.79 Å². The maximum atomic E-state index is 13.1. The number of hydrogen-bond donors (Lipinski definition) is 2. The van der Waals surface area contributed by atoms with Crippen molar-refractivity contribution in [2.24, 2.45) is 0 Å². The number of rotatable bonds is 7. The number of aliphatic hydroxyl groups excluding tert-OH is 1. The van der Waals surface area contributed by atoms with E-state index >= 15 is 0 Å². The van der Waals surface area contributed by atoms with Gasteiger partial charge in [0, 0.05) is 30.8 Å². The number of aryl methyl sites for hydroxylation is 1. The Kier molecular flexibility index (Phi) is 6.20. The number of aromatic amines is 1. The van der Waals surface area contributed by atoms with Crippen LogP contribution in [0.2, 0.25) is 5.02 Å². The Morgan fingerprint density at radius 2 is 1.89 bits per heavy atom. The molecule has 0 amide bonds. The Morgan fingerprint density at radius 3 is 2.61 bits per heavy atom. The van der Waals surface area contributed by atoms with E-state index in [2.05, 4.69) is 4.98 Å². The number of H-pyrrole nitrogens is 1. The van der Waals surface area contributed by atoms with Crippen molar-refractivity contribution in [3.63, 3.8) is 0 Å². The summed E-state index contributed by atoms with van der Waals surface area (Å²) in [6.07, 6.45) is 0.244. The molecule has 6 nitrogen and oxygen atoms in total. The number of nitrogens with one attached hydrogen (secondary N) is 1. The first-order valence-electron chi connectivity index (χ1n) is 8.81. The maximum Gasteiger partial charge on any atom is 0.252 e. The van der Waals surface area contributed by atoms with Gasteiger partial charge >= 0.3 is 0 Å². The molecule has 1 aromatic heterocycles. The molecule has 0 fully saturated rings. The van der Waals surface area contributed by atoms with Gasteiger partial charge in [0.2, 0.25) is 10.0 Å². The summed E-state index contributed by atoms with van der Waals surface area (Å²) in [5, 5.41) is 10.1. The van der Waals surface area contributed by atoms with Crippen LogP contribution in [-0.4, -0.2) is 36.0 Å². The third-order valence-electron chi connectivity index (χ3n) is 4.45. The van der Waals surface area contributed by atoms with E-state index in [4.69, 9.17) is 11.6 Å². The van der Waals surface area contributed by atoms with Crippen molar-refractivity contribution in [2.75, 3.05) is 13.2 Å². The Hall–Kier alpha value is -2.19. The number of pyridine rings is 1. The van der Waals surface area contributed by atoms with Gasteiger partial charge in [0.05, 0.1) is 5.02 Å². The highest BCUT2D eigenvalue weighted by molar-refractivity contribution is 7.89. The van der Waals surface area contributed by atoms with Gasteiger partial charge in [-0.2, -0.15) is 4.31 Å². The van der Waals surface area contributed by atoms with Crippen LogP contribution < -0.4 is 5.56 Å². The summed E-state index contributed by atoms with van der Waals surface area (Å²) in [4.78, 5) is 15.3. The molecule has 0 atom stereocenters. The van der Waals surface area contributed by atoms with Crippen LogP contribution in [0.1, 0.15) is 17.5 Å². The predicted molar refractivity (Wildman–Crippen MR) is 110 cm³/mol. The highest BCUT2D eigenvalue weighted by Gasteiger charge is 2.27. The number of sulfonamides is 1. The van der Waals surface area contributed by atoms with Crippen molar-refractivity contribution in [3.05, 3.63) is 75.0 Å². The van der Waals surface area contributed by atoms with Gasteiger partial charge in [-0.25, -0.2) is 8.42 Å². The van der Waals surface area contributed by atoms with E-state index in [1.807, 2.05) is 25.1 Å². The minimum Gasteiger partial charge on any atom is -0.396 e. The van der Waals surface area contributed by atoms with Gasteiger partial charge < -0.3 is 10.1 Å². The third-order valence-corrected chi connectivity index (χ3v) is 6.79. The lowest BCUT2D eigenvalue weighted by atomic mass is 10.1. The minimum absolute atomic E-state index is 0.0255. The van der Waals surface area contributed by atoms with Crippen LogP contribution in [-0.2, 0) is 16.6 Å². The van der Waals surface area contributed by atoms with Crippen LogP contribution in [0.4, 0.5) is 0 Å². The van der Waals surface area contributed by atoms with E-state index in [-0.39, 0.29) is 41.6 Å². The molecule has 28 heavy (non-hydrogen) atoms. The lowest BCUT2D eigenvalue weighted by molar-refractivity contribution is 0.267. The Bertz CT molecular complexity index is 1160. The fourth-order valence-corrected chi connectivity index (χ4v) is 4.94. The summed E-state index contributed by atoms with van der Waals surface area (Å²) in [5.41, 5.74) is 1.69. The van der Waals surface area contributed by atoms with Crippen molar-refractivity contribution in [3.8, 4) is 0 Å². The molecule has 0 aliphatic heterocycles. The third kappa shape index (κ3) is 4.28. The van der Waals surface area contributed by atoms with Crippen LogP contribution in [0.15, 0.2) is 58.2 Å². The SMILES string of the molecule is Cc1ccc2cc(CN(CCCO)S(=O)(=O)c3ccccc3Cl)c(=O)[nH]c2c1. The zero-order chi connectivity index (χ0) is 20.3. The number of hydrogen-bond acceptors (Lipinski definition) is 4. The van der Waals surface area contributed by atoms with Gasteiger partial charge in [-0.15, -0.1) is 0 Å². The van der Waals surface area contributed by atoms with Gasteiger partial charge in [-0.05, 0) is 48.6 Å². The number of nitrogens with zero attached hydrogens (tertiary/aromatic N) is 1. The lowest BCUT2D eigenvalue weighted by Crippen LogP contribution is -2.34. The van der Waals surface area contributed by atoms with E-state index in [1.165, 1.54) is 16.4 Å². The van der Waals surface area contributed by atoms with Gasteiger partial charge in [0.1, 0.15) is 4.90 Å². The minimum atomic E-state index is -3.94. The summed E-state index contributed by atoms with van der Waals surface area (Å²) < 4.78 is 27.4. The summed E-state index contributed by atoms with van der Waals surface area (Å²) in [5.74, 6) is 0. The fourth-order valence-electron chi connectivity index (χ4n) is 2.99. The van der Waals surface area contributed by atoms with E-state index < -0.39 is 10.0 Å². The number of fused-ring (bicyclic) bond motifs is 1. The molecule has 8 heteroatoms. The second-order valence-electron chi connectivity index (χ2n) is 6.56. The Balaban J connectivity index is 2.03. The molecule has 0 radical (unpaired) electrons. The average molecular weight is 421 g/mol. The molecule has 0 aliphatic rings. The van der Waals surface area contributed by atoms with Crippen molar-refractivity contribution in [1.29, 1.82) is 0 Å². The second-order valence-corrected chi connectivity index (χ2v) is 8.87. The molecule has 148 valence electrons. The van der Waals surface area contributed by atoms with Crippen LogP contribution in [0, 0.1) is 6.92 Å². The Morgan fingerprint density at radius 1 is 1.14 bits per heavy atom. The number of aliphatic hydroxyl groups is 1. The van der Waals surface area contributed by atoms with Gasteiger partial charge in [0.15, 0.2) is 0 Å². The quantitative estimate of drug-likeness (QED) is 0.614. The molecule has 0 aliphatic carbocycles. The number of halogens is 1. The molecule has 2 aromatic carbocycles. The average Bonchev–Trinajstić information content (AvgIpc) is 2.65. The topological polar surface area (TPSA) is 90.5 Å². The molecule has 0 saturated carbocycles. The summed E-state index contributed by atoms with van der Waals surface area (Å²) in [6, 6.07) is 13.5. The molecule has 0 spiro atoms. The van der Waals surface area contributed by atoms with Crippen LogP contribution in [0.5, 0.6) is 0 Å². The molecule has 3 rings (SSSR count). The van der Waals surface area contributed by atoms with E-state index in [1.54, 1.807) is 18.2 Å². The zero-order valence-electron chi connectivity index (χ0n) is 15.4. The van der Waals surface area contributed by atoms with Crippen LogP contribution in [0.25, 0.3) is 10.9 Å². The molecular weight excluding hydrogens is 400 g/mol.